The van der Waals surface area contributed by atoms with Gasteiger partial charge in [-0.05, 0) is 227 Å². The van der Waals surface area contributed by atoms with Crippen LogP contribution in [0.1, 0.15) is 323 Å². The van der Waals surface area contributed by atoms with Crippen LogP contribution in [0.5, 0.6) is 0 Å². The summed E-state index contributed by atoms with van der Waals surface area (Å²) in [5.74, 6) is -16.1. The van der Waals surface area contributed by atoms with Gasteiger partial charge in [-0.1, -0.05) is 41.5 Å². The molecule has 2 unspecified atom stereocenters. The molecule has 32 nitrogen and oxygen atoms in total. The van der Waals surface area contributed by atoms with Crippen molar-refractivity contribution < 1.29 is 124 Å². The maximum absolute atomic E-state index is 15.9. The smallest absolute Gasteiger partial charge is 0.459 e. The fraction of sp³-hybridized carbons (Fsp3) is 0.874. The lowest BCUT2D eigenvalue weighted by atomic mass is 9.54. The summed E-state index contributed by atoms with van der Waals surface area (Å²) in [5.41, 5.74) is -11.3. The molecule has 0 aromatic rings. The molecule has 2 aliphatic carbocycles. The first kappa shape index (κ1) is 105. The van der Waals surface area contributed by atoms with Crippen molar-refractivity contribution in [3.05, 3.63) is 0 Å². The molecule has 1 spiro atoms. The van der Waals surface area contributed by atoms with Crippen molar-refractivity contribution in [2.45, 2.75) is 450 Å². The molecule has 724 valence electrons. The molecule has 8 aliphatic rings. The van der Waals surface area contributed by atoms with Gasteiger partial charge in [0.25, 0.3) is 0 Å². The average Bonchev–Trinajstić information content (AvgIpc) is 0.734. The minimum atomic E-state index is -3.40. The van der Waals surface area contributed by atoms with E-state index in [-0.39, 0.29) is 51.4 Å². The van der Waals surface area contributed by atoms with Gasteiger partial charge in [-0.15, -0.1) is 0 Å². The first-order chi connectivity index (χ1) is 57.4. The lowest BCUT2D eigenvalue weighted by molar-refractivity contribution is -0.258. The molecule has 2 atom stereocenters. The van der Waals surface area contributed by atoms with Crippen LogP contribution in [-0.4, -0.2) is 284 Å². The third kappa shape index (κ3) is 23.2. The Morgan fingerprint density at radius 1 is 0.291 bits per heavy atom. The first-order valence-corrected chi connectivity index (χ1v) is 45.7. The predicted molar refractivity (Wildman–Crippen MR) is 470 cm³/mol. The van der Waals surface area contributed by atoms with Crippen LogP contribution >= 0.6 is 0 Å². The van der Waals surface area contributed by atoms with E-state index < -0.39 is 279 Å². The fourth-order valence-corrected chi connectivity index (χ4v) is 22.7. The highest BCUT2D eigenvalue weighted by Crippen LogP contribution is 2.53. The number of ketones is 4. The van der Waals surface area contributed by atoms with Crippen LogP contribution in [-0.2, 0) is 95.1 Å². The topological polar surface area (TPSA) is 354 Å². The quantitative estimate of drug-likeness (QED) is 0.0375. The third-order valence-corrected chi connectivity index (χ3v) is 31.0. The molecule has 0 radical (unpaired) electrons. The molecule has 0 bridgehead atoms. The number of hydrogen-bond acceptors (Lipinski definition) is 32. The van der Waals surface area contributed by atoms with Crippen molar-refractivity contribution in [2.75, 3.05) is 55.5 Å². The number of piperidine rings is 6. The molecular weight excluding hydrogens is 1640 g/mol. The summed E-state index contributed by atoms with van der Waals surface area (Å²) in [6, 6.07) is 0. The van der Waals surface area contributed by atoms with Gasteiger partial charge in [0.05, 0.1) is 25.0 Å². The Bertz CT molecular complexity index is 3590. The van der Waals surface area contributed by atoms with Gasteiger partial charge in [0, 0.05) is 180 Å². The van der Waals surface area contributed by atoms with Crippen molar-refractivity contribution in [1.82, 2.24) is 29.4 Å². The van der Waals surface area contributed by atoms with Crippen molar-refractivity contribution in [3.8, 4) is 0 Å². The van der Waals surface area contributed by atoms with E-state index in [1.54, 1.807) is 0 Å². The lowest BCUT2D eigenvalue weighted by Gasteiger charge is -2.53. The summed E-state index contributed by atoms with van der Waals surface area (Å²) in [4.78, 5) is 194. The number of Topliss-reactive ketones (excluding diaryl/α,β-unsaturated/α-hetero) is 4. The van der Waals surface area contributed by atoms with Crippen molar-refractivity contribution in [2.24, 2.45) is 28.1 Å². The molecule has 6 heterocycles. The summed E-state index contributed by atoms with van der Waals surface area (Å²) >= 11 is 0. The summed E-state index contributed by atoms with van der Waals surface area (Å²) in [6.07, 6.45) is -16.8. The molecule has 8 rings (SSSR count). The summed E-state index contributed by atoms with van der Waals surface area (Å²) in [7, 11) is 11.8. The van der Waals surface area contributed by atoms with Crippen molar-refractivity contribution >= 4 is 72.0 Å². The fourth-order valence-electron chi connectivity index (χ4n) is 22.7. The zero-order valence-corrected chi connectivity index (χ0v) is 83.7. The highest BCUT2D eigenvalue weighted by atomic mass is 16.9. The Morgan fingerprint density at radius 2 is 0.449 bits per heavy atom. The maximum Gasteiger partial charge on any atom is 0.512 e. The molecule has 0 aromatic carbocycles. The number of esters is 2. The summed E-state index contributed by atoms with van der Waals surface area (Å²) in [6.45, 7) is 54.7. The highest BCUT2D eigenvalue weighted by Gasteiger charge is 2.65. The van der Waals surface area contributed by atoms with E-state index in [9.17, 15) is 28.8 Å². The number of hydrogen-bond donors (Lipinski definition) is 0. The van der Waals surface area contributed by atoms with Crippen LogP contribution in [0.15, 0.2) is 0 Å². The van der Waals surface area contributed by atoms with E-state index in [4.69, 9.17) is 66.3 Å². The molecule has 8 fully saturated rings. The van der Waals surface area contributed by atoms with E-state index >= 15 is 28.8 Å². The van der Waals surface area contributed by atoms with E-state index in [1.807, 2.05) is 208 Å². The maximum atomic E-state index is 15.9. The summed E-state index contributed by atoms with van der Waals surface area (Å²) in [5, 5.41) is 0. The Kier molecular flexibility index (Phi) is 30.3. The normalized spacial score (nSPS) is 27.3. The van der Waals surface area contributed by atoms with Gasteiger partial charge in [-0.2, -0.15) is 0 Å². The zero-order chi connectivity index (χ0) is 96.7. The lowest BCUT2D eigenvalue weighted by Crippen LogP contribution is -2.62. The van der Waals surface area contributed by atoms with E-state index in [0.29, 0.717) is 25.7 Å². The molecule has 6 saturated heterocycles. The van der Waals surface area contributed by atoms with Crippen LogP contribution in [0.4, 0.5) is 28.8 Å². The molecule has 0 amide bonds. The second-order valence-corrected chi connectivity index (χ2v) is 47.3. The zero-order valence-electron chi connectivity index (χ0n) is 83.7. The molecule has 127 heavy (non-hydrogen) atoms. The van der Waals surface area contributed by atoms with Crippen molar-refractivity contribution in [1.29, 1.82) is 0 Å². The third-order valence-electron chi connectivity index (χ3n) is 31.0. The average molecular weight is 1800 g/mol. The standard InChI is InChI=1S/C95H158N6O26/c1-37-67(122-73(108)116-57-39-81(7,8)96(31)82(9,10)40-57)94(124-75(110)118-59-43-85(15,16)98(33)86(17,18)44-59,125-76(111)119-60-45-87(19,20)99(34)88(21,22)46-60)71(106)114-55-79(3,4)69-63(102)51-93(52-64(69)103)53-65(104)70(66(105)54-93)80(5,6)56-115-72(107)95(126-77(112)120-61-47-89(23,24)100(35)90(25,26)48-61,127-78(113)121-62-49-91(27,28)101(36)92(29,30)50-62)68(38-2)123-74(109)117-58-41-83(11,12)97(32)84(13,14)42-58/h57-62,67-70H,37-56H2,1-36H3. The number of rotatable bonds is 24. The molecule has 6 aliphatic heterocycles. The minimum Gasteiger partial charge on any atom is -0.459 e. The summed E-state index contributed by atoms with van der Waals surface area (Å²) < 4.78 is 85.4. The highest BCUT2D eigenvalue weighted by molar-refractivity contribution is 6.11. The Labute approximate surface area is 755 Å². The SMILES string of the molecule is CCC(OC(=O)OC1CC(C)(C)N(C)C(C)(C)C1)C(OC(=O)OC1CC(C)(C)N(C)C(C)(C)C1)(OC(=O)OC1CC(C)(C)N(C)C(C)(C)C1)C(=O)OCC(C)(C)C1C(=O)CC2(CC1=O)CC(=O)C(C(C)(C)COC(=O)C(OC(=O)OC1CC(C)(C)N(C)C(C)(C)C1)(OC(=O)OC1CC(C)(C)N(C)C(C)(C)C1)C(CC)OC(=O)OC1CC(C)(C)N(C)C(C)(C)C1)C(=O)C2. The van der Waals surface area contributed by atoms with Gasteiger partial charge in [0.2, 0.25) is 0 Å². The Balaban J connectivity index is 1.08. The largest absolute Gasteiger partial charge is 0.512 e. The molecule has 0 aromatic heterocycles. The molecular formula is C95H158N6O26. The second-order valence-electron chi connectivity index (χ2n) is 47.3. The van der Waals surface area contributed by atoms with Gasteiger partial charge in [-0.25, -0.2) is 38.4 Å². The van der Waals surface area contributed by atoms with Crippen LogP contribution in [0, 0.1) is 28.1 Å². The number of carbonyl (C=O) groups excluding carboxylic acids is 12. The molecule has 2 saturated carbocycles. The number of likely N-dealkylation sites (tertiary alicyclic amines) is 6. The number of carbonyl (C=O) groups is 12. The van der Waals surface area contributed by atoms with Gasteiger partial charge in [-0.3, -0.25) is 48.6 Å². The number of ether oxygens (including phenoxy) is 14. The molecule has 32 heteroatoms. The van der Waals surface area contributed by atoms with Crippen molar-refractivity contribution in [3.63, 3.8) is 0 Å². The van der Waals surface area contributed by atoms with E-state index in [2.05, 4.69) is 29.4 Å². The van der Waals surface area contributed by atoms with Gasteiger partial charge in [0.15, 0.2) is 12.2 Å². The van der Waals surface area contributed by atoms with Gasteiger partial charge in [0.1, 0.15) is 59.8 Å². The predicted octanol–water partition coefficient (Wildman–Crippen LogP) is 16.0. The first-order valence-electron chi connectivity index (χ1n) is 45.7. The Morgan fingerprint density at radius 3 is 0.606 bits per heavy atom. The van der Waals surface area contributed by atoms with Crippen LogP contribution < -0.4 is 0 Å². The van der Waals surface area contributed by atoms with E-state index in [0.717, 1.165) is 0 Å². The second kappa shape index (κ2) is 36.5. The van der Waals surface area contributed by atoms with Crippen LogP contribution in [0.25, 0.3) is 0 Å². The minimum absolute atomic E-state index is 0.283. The monoisotopic (exact) mass is 1800 g/mol. The van der Waals surface area contributed by atoms with E-state index in [1.165, 1.54) is 41.5 Å². The van der Waals surface area contributed by atoms with Crippen LogP contribution in [0.3, 0.4) is 0 Å². The number of nitrogens with zero attached hydrogens (tertiary/aromatic N) is 6. The molecule has 0 N–H and O–H groups in total. The van der Waals surface area contributed by atoms with Gasteiger partial charge < -0.3 is 66.3 Å². The Hall–Kier alpha value is -7.00. The van der Waals surface area contributed by atoms with Gasteiger partial charge >= 0.3 is 60.4 Å². The van der Waals surface area contributed by atoms with Crippen LogP contribution in [0.2, 0.25) is 0 Å².